The van der Waals surface area contributed by atoms with Gasteiger partial charge in [0.25, 0.3) is 0 Å². The van der Waals surface area contributed by atoms with Crippen LogP contribution >= 0.6 is 0 Å². The summed E-state index contributed by atoms with van der Waals surface area (Å²) in [6.07, 6.45) is 0. The van der Waals surface area contributed by atoms with Crippen molar-refractivity contribution in [2.75, 3.05) is 0 Å². The van der Waals surface area contributed by atoms with Gasteiger partial charge in [0, 0.05) is 16.8 Å². The van der Waals surface area contributed by atoms with E-state index in [1.807, 2.05) is 18.2 Å². The molecule has 2 aliphatic rings. The summed E-state index contributed by atoms with van der Waals surface area (Å²) in [5.74, 6) is -2.89. The Hall–Kier alpha value is -2.83. The van der Waals surface area contributed by atoms with E-state index >= 15 is 0 Å². The third-order valence-electron chi connectivity index (χ3n) is 5.06. The van der Waals surface area contributed by atoms with Gasteiger partial charge in [0.05, 0.1) is 0 Å². The van der Waals surface area contributed by atoms with E-state index in [0.29, 0.717) is 0 Å². The molecule has 132 valence electrons. The predicted molar refractivity (Wildman–Crippen MR) is 92.5 cm³/mol. The minimum Gasteiger partial charge on any atom is -0.460 e. The van der Waals surface area contributed by atoms with Gasteiger partial charge in [-0.1, -0.05) is 54.6 Å². The number of carbonyl (C=O) groups excluding carboxylic acids is 2. The zero-order valence-corrected chi connectivity index (χ0v) is 14.0. The number of Topliss-reactive ketones (excluding diaryl/α,β-unsaturated/α-hetero) is 1. The quantitative estimate of drug-likeness (QED) is 0.819. The van der Waals surface area contributed by atoms with Crippen molar-refractivity contribution in [3.63, 3.8) is 0 Å². The van der Waals surface area contributed by atoms with Crippen LogP contribution in [0.15, 0.2) is 59.6 Å². The van der Waals surface area contributed by atoms with Gasteiger partial charge in [-0.15, -0.1) is 0 Å². The molecule has 0 amide bonds. The van der Waals surface area contributed by atoms with Crippen molar-refractivity contribution >= 4 is 17.5 Å². The first-order chi connectivity index (χ1) is 12.4. The summed E-state index contributed by atoms with van der Waals surface area (Å²) in [6.45, 7) is 1.50. The minimum absolute atomic E-state index is 0.000892. The van der Waals surface area contributed by atoms with Gasteiger partial charge >= 0.3 is 5.97 Å². The zero-order valence-electron chi connectivity index (χ0n) is 14.0. The molecule has 0 saturated carbocycles. The van der Waals surface area contributed by atoms with Crippen molar-refractivity contribution < 1.29 is 24.5 Å². The van der Waals surface area contributed by atoms with E-state index in [0.717, 1.165) is 5.56 Å². The second kappa shape index (κ2) is 5.59. The molecule has 6 heteroatoms. The lowest BCUT2D eigenvalue weighted by Crippen LogP contribution is -2.56. The SMILES string of the molecule is CC1=N[C@@]2(O)c3ccccc3C(=O)[C@]2(O)C1C(=O)OCc1ccccc1. The summed E-state index contributed by atoms with van der Waals surface area (Å²) in [5.41, 5.74) is -3.28. The Labute approximate surface area is 149 Å². The highest BCUT2D eigenvalue weighted by Gasteiger charge is 2.72. The second-order valence-corrected chi connectivity index (χ2v) is 6.59. The molecule has 0 saturated heterocycles. The Morgan fingerprint density at radius 1 is 1.12 bits per heavy atom. The summed E-state index contributed by atoms with van der Waals surface area (Å²) in [7, 11) is 0. The van der Waals surface area contributed by atoms with E-state index in [9.17, 15) is 19.8 Å². The van der Waals surface area contributed by atoms with Gasteiger partial charge in [-0.05, 0) is 12.5 Å². The van der Waals surface area contributed by atoms with Crippen molar-refractivity contribution in [3.8, 4) is 0 Å². The molecule has 1 unspecified atom stereocenters. The number of hydrogen-bond donors (Lipinski definition) is 2. The third-order valence-corrected chi connectivity index (χ3v) is 5.06. The first-order valence-electron chi connectivity index (χ1n) is 8.25. The molecular weight excluding hydrogens is 334 g/mol. The zero-order chi connectivity index (χ0) is 18.5. The fraction of sp³-hybridized carbons (Fsp3) is 0.250. The number of ketones is 1. The Morgan fingerprint density at radius 3 is 2.50 bits per heavy atom. The van der Waals surface area contributed by atoms with E-state index in [-0.39, 0.29) is 23.4 Å². The van der Waals surface area contributed by atoms with Crippen LogP contribution in [0.25, 0.3) is 0 Å². The van der Waals surface area contributed by atoms with E-state index in [2.05, 4.69) is 4.99 Å². The van der Waals surface area contributed by atoms with Crippen LogP contribution in [0.3, 0.4) is 0 Å². The van der Waals surface area contributed by atoms with Crippen molar-refractivity contribution in [3.05, 3.63) is 71.3 Å². The summed E-state index contributed by atoms with van der Waals surface area (Å²) < 4.78 is 5.30. The van der Waals surface area contributed by atoms with E-state index in [1.165, 1.54) is 19.1 Å². The lowest BCUT2D eigenvalue weighted by atomic mass is 9.79. The smallest absolute Gasteiger partial charge is 0.318 e. The molecule has 6 nitrogen and oxygen atoms in total. The monoisotopic (exact) mass is 351 g/mol. The number of benzene rings is 2. The number of carbonyl (C=O) groups is 2. The number of ether oxygens (including phenoxy) is 1. The van der Waals surface area contributed by atoms with Gasteiger partial charge in [-0.2, -0.15) is 0 Å². The topological polar surface area (TPSA) is 96.2 Å². The van der Waals surface area contributed by atoms with Gasteiger partial charge in [-0.25, -0.2) is 0 Å². The van der Waals surface area contributed by atoms with Crippen LogP contribution in [0.4, 0.5) is 0 Å². The number of aliphatic hydroxyl groups is 2. The molecule has 2 N–H and O–H groups in total. The normalized spacial score (nSPS) is 29.1. The van der Waals surface area contributed by atoms with Gasteiger partial charge in [0.15, 0.2) is 5.60 Å². The second-order valence-electron chi connectivity index (χ2n) is 6.59. The number of aliphatic imine (C=N–C) groups is 1. The molecule has 2 aromatic carbocycles. The van der Waals surface area contributed by atoms with Gasteiger partial charge in [0.2, 0.25) is 11.5 Å². The van der Waals surface area contributed by atoms with Crippen LogP contribution in [-0.4, -0.2) is 33.3 Å². The maximum Gasteiger partial charge on any atom is 0.318 e. The van der Waals surface area contributed by atoms with Gasteiger partial charge in [0.1, 0.15) is 12.5 Å². The maximum atomic E-state index is 12.8. The molecule has 0 bridgehead atoms. The highest BCUT2D eigenvalue weighted by atomic mass is 16.5. The molecule has 0 aromatic heterocycles. The van der Waals surface area contributed by atoms with E-state index in [1.54, 1.807) is 24.3 Å². The standard InChI is InChI=1S/C20H17NO5/c1-12-16(18(23)26-11-13-7-3-2-4-8-13)19(24)17(22)14-9-5-6-10-15(14)20(19,25)21-12/h2-10,16,24-25H,11H2,1H3/t16?,19-,20-/m1/s1. The molecule has 0 fully saturated rings. The maximum absolute atomic E-state index is 12.8. The molecule has 1 aliphatic carbocycles. The summed E-state index contributed by atoms with van der Waals surface area (Å²) in [6, 6.07) is 15.4. The number of fused-ring (bicyclic) bond motifs is 3. The number of hydrogen-bond acceptors (Lipinski definition) is 6. The molecule has 3 atom stereocenters. The molecule has 0 spiro atoms. The Kier molecular flexibility index (Phi) is 3.57. The summed E-state index contributed by atoms with van der Waals surface area (Å²) in [5, 5.41) is 22.2. The van der Waals surface area contributed by atoms with E-state index < -0.39 is 29.0 Å². The van der Waals surface area contributed by atoms with Crippen LogP contribution in [0, 0.1) is 5.92 Å². The van der Waals surface area contributed by atoms with Crippen molar-refractivity contribution in [2.45, 2.75) is 24.9 Å². The lowest BCUT2D eigenvalue weighted by Gasteiger charge is -2.31. The third kappa shape index (κ3) is 2.03. The average Bonchev–Trinajstić information content (AvgIpc) is 2.95. The molecule has 1 heterocycles. The van der Waals surface area contributed by atoms with Crippen LogP contribution in [0.1, 0.15) is 28.4 Å². The van der Waals surface area contributed by atoms with Crippen molar-refractivity contribution in [1.29, 1.82) is 0 Å². The molecular formula is C20H17NO5. The lowest BCUT2D eigenvalue weighted by molar-refractivity contribution is -0.166. The van der Waals surface area contributed by atoms with Crippen LogP contribution < -0.4 is 0 Å². The molecule has 0 radical (unpaired) electrons. The summed E-state index contributed by atoms with van der Waals surface area (Å²) in [4.78, 5) is 29.6. The first-order valence-corrected chi connectivity index (χ1v) is 8.25. The number of esters is 1. The van der Waals surface area contributed by atoms with E-state index in [4.69, 9.17) is 4.74 Å². The van der Waals surface area contributed by atoms with Gasteiger partial charge in [-0.3, -0.25) is 14.6 Å². The van der Waals surface area contributed by atoms with Crippen LogP contribution in [-0.2, 0) is 21.9 Å². The van der Waals surface area contributed by atoms with Crippen molar-refractivity contribution in [2.24, 2.45) is 10.9 Å². The van der Waals surface area contributed by atoms with Gasteiger partial charge < -0.3 is 14.9 Å². The highest BCUT2D eigenvalue weighted by Crippen LogP contribution is 2.53. The largest absolute Gasteiger partial charge is 0.460 e. The Bertz CT molecular complexity index is 938. The minimum atomic E-state index is -2.39. The van der Waals surface area contributed by atoms with Crippen LogP contribution in [0.2, 0.25) is 0 Å². The molecule has 4 rings (SSSR count). The highest BCUT2D eigenvalue weighted by molar-refractivity contribution is 6.18. The molecule has 26 heavy (non-hydrogen) atoms. The van der Waals surface area contributed by atoms with Crippen molar-refractivity contribution in [1.82, 2.24) is 0 Å². The predicted octanol–water partition coefficient (Wildman–Crippen LogP) is 1.59. The molecule has 1 aliphatic heterocycles. The average molecular weight is 351 g/mol. The summed E-state index contributed by atoms with van der Waals surface area (Å²) >= 11 is 0. The van der Waals surface area contributed by atoms with Crippen LogP contribution in [0.5, 0.6) is 0 Å². The Balaban J connectivity index is 1.68. The molecule has 2 aromatic rings. The number of nitrogens with zero attached hydrogens (tertiary/aromatic N) is 1. The fourth-order valence-corrected chi connectivity index (χ4v) is 3.81. The number of rotatable bonds is 3. The fourth-order valence-electron chi connectivity index (χ4n) is 3.81. The first kappa shape index (κ1) is 16.6. The Morgan fingerprint density at radius 2 is 1.77 bits per heavy atom.